The van der Waals surface area contributed by atoms with Crippen molar-refractivity contribution < 1.29 is 9.30 Å². The molecule has 0 spiro atoms. The predicted molar refractivity (Wildman–Crippen MR) is 161 cm³/mol. The van der Waals surface area contributed by atoms with Gasteiger partial charge in [-0.3, -0.25) is 0 Å². The summed E-state index contributed by atoms with van der Waals surface area (Å²) in [5.74, 6) is 1.87. The minimum absolute atomic E-state index is 0.229. The molecular weight excluding hydrogens is 476 g/mol. The minimum Gasteiger partial charge on any atom is -0.455 e. The van der Waals surface area contributed by atoms with E-state index in [-0.39, 0.29) is 5.41 Å². The van der Waals surface area contributed by atoms with Crippen molar-refractivity contribution in [2.75, 3.05) is 0 Å². The average Bonchev–Trinajstić information content (AvgIpc) is 2.87. The van der Waals surface area contributed by atoms with E-state index in [9.17, 15) is 5.26 Å². The molecule has 0 aliphatic carbocycles. The van der Waals surface area contributed by atoms with Crippen molar-refractivity contribution in [2.45, 2.75) is 61.3 Å². The van der Waals surface area contributed by atoms with Crippen molar-refractivity contribution in [1.29, 1.82) is 5.26 Å². The van der Waals surface area contributed by atoms with Crippen LogP contribution in [0.5, 0.6) is 11.5 Å². The number of fused-ring (bicyclic) bond motifs is 5. The molecule has 0 unspecified atom stereocenters. The number of rotatable bonds is 3. The Balaban J connectivity index is 1.64. The Morgan fingerprint density at radius 3 is 2.21 bits per heavy atom. The third-order valence-corrected chi connectivity index (χ3v) is 8.23. The normalized spacial score (nSPS) is 13.0. The Hall–Kier alpha value is -3.90. The number of nitrogens with zero attached hydrogens (tertiary/aromatic N) is 2. The average molecular weight is 514 g/mol. The Morgan fingerprint density at radius 1 is 0.795 bits per heavy atom. The lowest BCUT2D eigenvalue weighted by Crippen LogP contribution is -2.32. The van der Waals surface area contributed by atoms with Gasteiger partial charge in [0.05, 0.1) is 22.4 Å². The van der Waals surface area contributed by atoms with Gasteiger partial charge in [-0.15, -0.1) is 0 Å². The zero-order valence-electron chi connectivity index (χ0n) is 24.4. The second-order valence-electron chi connectivity index (χ2n) is 13.3. The number of hydrogen-bond acceptors (Lipinski definition) is 2. The van der Waals surface area contributed by atoms with Crippen LogP contribution in [0.4, 0.5) is 0 Å². The molecule has 0 fully saturated rings. The monoisotopic (exact) mass is 513 g/mol. The molecule has 0 atom stereocenters. The molecule has 0 radical (unpaired) electrons. The first-order valence-corrected chi connectivity index (χ1v) is 13.9. The summed E-state index contributed by atoms with van der Waals surface area (Å²) < 4.78 is 9.06. The fraction of sp³-hybridized carbons (Fsp3) is 0.333. The molecule has 0 bridgehead atoms. The predicted octanol–water partition coefficient (Wildman–Crippen LogP) is 9.04. The molecule has 1 aliphatic heterocycles. The number of nitriles is 1. The molecular formula is C36H37N2O+. The number of benzene rings is 4. The van der Waals surface area contributed by atoms with Crippen LogP contribution < -0.4 is 9.30 Å². The lowest BCUT2D eigenvalue weighted by atomic mass is 9.84. The van der Waals surface area contributed by atoms with E-state index in [1.807, 2.05) is 13.8 Å². The van der Waals surface area contributed by atoms with Crippen molar-refractivity contribution in [3.63, 3.8) is 0 Å². The van der Waals surface area contributed by atoms with E-state index < -0.39 is 5.41 Å². The van der Waals surface area contributed by atoms with Gasteiger partial charge in [0.15, 0.2) is 6.20 Å². The first kappa shape index (κ1) is 25.4. The van der Waals surface area contributed by atoms with Crippen LogP contribution >= 0.6 is 0 Å². The van der Waals surface area contributed by atoms with E-state index in [4.69, 9.17) is 4.74 Å². The third kappa shape index (κ3) is 4.14. The number of aryl methyl sites for hydroxylation is 3. The van der Waals surface area contributed by atoms with Gasteiger partial charge in [0.25, 0.3) is 0 Å². The van der Waals surface area contributed by atoms with E-state index in [1.165, 1.54) is 55.1 Å². The lowest BCUT2D eigenvalue weighted by molar-refractivity contribution is -0.659. The third-order valence-electron chi connectivity index (χ3n) is 8.23. The van der Waals surface area contributed by atoms with Crippen LogP contribution in [0.1, 0.15) is 56.9 Å². The van der Waals surface area contributed by atoms with Gasteiger partial charge in [-0.2, -0.15) is 5.26 Å². The van der Waals surface area contributed by atoms with Gasteiger partial charge in [0.1, 0.15) is 18.5 Å². The second-order valence-corrected chi connectivity index (χ2v) is 13.3. The summed E-state index contributed by atoms with van der Waals surface area (Å²) in [6.45, 7) is 15.3. The van der Waals surface area contributed by atoms with Crippen molar-refractivity contribution in [2.24, 2.45) is 17.9 Å². The highest BCUT2D eigenvalue weighted by Crippen LogP contribution is 2.51. The fourth-order valence-corrected chi connectivity index (χ4v) is 6.43. The maximum absolute atomic E-state index is 9.60. The smallest absolute Gasteiger partial charge is 0.228 e. The Kier molecular flexibility index (Phi) is 5.57. The van der Waals surface area contributed by atoms with Crippen LogP contribution in [0.15, 0.2) is 54.7 Å². The van der Waals surface area contributed by atoms with E-state index in [2.05, 4.69) is 107 Å². The van der Waals surface area contributed by atoms with Crippen molar-refractivity contribution in [3.05, 3.63) is 77.0 Å². The summed E-state index contributed by atoms with van der Waals surface area (Å²) in [4.78, 5) is 0. The van der Waals surface area contributed by atoms with Crippen molar-refractivity contribution in [3.8, 4) is 28.8 Å². The van der Waals surface area contributed by atoms with Crippen LogP contribution in [0.2, 0.25) is 0 Å². The van der Waals surface area contributed by atoms with Gasteiger partial charge in [-0.1, -0.05) is 57.2 Å². The molecule has 0 saturated carbocycles. The number of aromatic nitrogens is 1. The summed E-state index contributed by atoms with van der Waals surface area (Å²) in [5, 5.41) is 16.9. The summed E-state index contributed by atoms with van der Waals surface area (Å²) >= 11 is 0. The highest BCUT2D eigenvalue weighted by Gasteiger charge is 2.33. The van der Waals surface area contributed by atoms with Crippen LogP contribution in [0, 0.1) is 36.0 Å². The van der Waals surface area contributed by atoms with Gasteiger partial charge in [-0.25, -0.2) is 4.57 Å². The summed E-state index contributed by atoms with van der Waals surface area (Å²) in [6.07, 6.45) is 3.94. The lowest BCUT2D eigenvalue weighted by Gasteiger charge is -2.25. The van der Waals surface area contributed by atoms with Gasteiger partial charge in [-0.05, 0) is 90.3 Å². The highest BCUT2D eigenvalue weighted by atomic mass is 16.5. The second kappa shape index (κ2) is 8.55. The molecule has 3 nitrogen and oxygen atoms in total. The van der Waals surface area contributed by atoms with Crippen LogP contribution in [0.25, 0.3) is 43.6 Å². The fourth-order valence-electron chi connectivity index (χ4n) is 6.43. The minimum atomic E-state index is -0.407. The Morgan fingerprint density at radius 2 is 1.49 bits per heavy atom. The van der Waals surface area contributed by atoms with E-state index in [0.717, 1.165) is 35.1 Å². The van der Waals surface area contributed by atoms with Gasteiger partial charge >= 0.3 is 0 Å². The molecule has 2 heterocycles. The quantitative estimate of drug-likeness (QED) is 0.175. The topological polar surface area (TPSA) is 36.9 Å². The maximum atomic E-state index is 9.60. The molecule has 5 aromatic rings. The number of ether oxygens (including phenoxy) is 1. The number of pyridine rings is 1. The molecule has 196 valence electrons. The van der Waals surface area contributed by atoms with Crippen LogP contribution in [-0.2, 0) is 19.9 Å². The molecule has 0 amide bonds. The molecule has 0 N–H and O–H groups in total. The van der Waals surface area contributed by atoms with Crippen LogP contribution in [0.3, 0.4) is 0 Å². The molecule has 6 rings (SSSR count). The zero-order chi connectivity index (χ0) is 27.9. The largest absolute Gasteiger partial charge is 0.455 e. The first-order valence-electron chi connectivity index (χ1n) is 13.9. The van der Waals surface area contributed by atoms with Crippen LogP contribution in [-0.4, -0.2) is 0 Å². The molecule has 1 aromatic heterocycles. The standard InChI is InChI=1S/C36H37N2O/c1-21-28-15-23(18-35(3,4)5)10-12-26(28)22(2)34-31(21)33-32-27(13-14-38(33)8)29-16-24(19-36(6,7)20-37)9-11-25(29)17-30(32)39-34/h9-17H,18-19H2,1-8H3/q+1. The highest BCUT2D eigenvalue weighted by molar-refractivity contribution is 6.16. The van der Waals surface area contributed by atoms with E-state index in [0.29, 0.717) is 0 Å². The molecule has 0 saturated heterocycles. The van der Waals surface area contributed by atoms with Crippen molar-refractivity contribution >= 4 is 32.3 Å². The Bertz CT molecular complexity index is 1880. The maximum Gasteiger partial charge on any atom is 0.228 e. The van der Waals surface area contributed by atoms with E-state index in [1.54, 1.807) is 0 Å². The van der Waals surface area contributed by atoms with Gasteiger partial charge < -0.3 is 4.74 Å². The first-order chi connectivity index (χ1) is 18.4. The SMILES string of the molecule is Cc1c2c(c(C)c3cc(CC(C)(C)C)ccc13)-c1c3c(cc4ccc(CC(C)(C)C#N)cc4c3cc[n+]1C)O2. The number of hydrogen-bond donors (Lipinski definition) is 0. The molecule has 3 heteroatoms. The summed E-state index contributed by atoms with van der Waals surface area (Å²) in [5.41, 5.74) is 7.22. The van der Waals surface area contributed by atoms with E-state index >= 15 is 0 Å². The van der Waals surface area contributed by atoms with Gasteiger partial charge in [0, 0.05) is 17.0 Å². The zero-order valence-corrected chi connectivity index (χ0v) is 24.4. The summed E-state index contributed by atoms with van der Waals surface area (Å²) in [6, 6.07) is 20.4. The van der Waals surface area contributed by atoms with Crippen molar-refractivity contribution in [1.82, 2.24) is 0 Å². The molecule has 4 aromatic carbocycles. The van der Waals surface area contributed by atoms with Gasteiger partial charge in [0.2, 0.25) is 5.69 Å². The Labute approximate surface area is 231 Å². The summed E-state index contributed by atoms with van der Waals surface area (Å²) in [7, 11) is 2.14. The molecule has 1 aliphatic rings. The molecule has 39 heavy (non-hydrogen) atoms.